The summed E-state index contributed by atoms with van der Waals surface area (Å²) in [7, 11) is 2.13. The van der Waals surface area contributed by atoms with Crippen molar-refractivity contribution in [1.29, 1.82) is 0 Å². The van der Waals surface area contributed by atoms with Crippen LogP contribution in [0.15, 0.2) is 24.3 Å². The van der Waals surface area contributed by atoms with Crippen molar-refractivity contribution in [1.82, 2.24) is 0 Å². The first-order valence-electron chi connectivity index (χ1n) is 5.93. The predicted octanol–water partition coefficient (Wildman–Crippen LogP) is 0.660. The molecule has 3 nitrogen and oxygen atoms in total. The lowest BCUT2D eigenvalue weighted by Crippen LogP contribution is -3.10. The van der Waals surface area contributed by atoms with Gasteiger partial charge in [-0.1, -0.05) is 6.07 Å². The molecule has 0 aliphatic carbocycles. The van der Waals surface area contributed by atoms with Crippen molar-refractivity contribution >= 4 is 5.97 Å². The maximum Gasteiger partial charge on any atom is 0.338 e. The van der Waals surface area contributed by atoms with E-state index in [1.54, 1.807) is 6.07 Å². The normalized spacial score (nSPS) is 24.4. The van der Waals surface area contributed by atoms with Crippen molar-refractivity contribution in [3.05, 3.63) is 35.6 Å². The molecular weight excluding hydrogens is 221 g/mol. The minimum atomic E-state index is -0.422. The zero-order valence-electron chi connectivity index (χ0n) is 9.91. The first-order chi connectivity index (χ1) is 8.15. The number of halogens is 1. The third-order valence-electron chi connectivity index (χ3n) is 3.12. The Labute approximate surface area is 100 Å². The van der Waals surface area contributed by atoms with E-state index in [0.717, 1.165) is 25.9 Å². The number of hydrogen-bond acceptors (Lipinski definition) is 2. The van der Waals surface area contributed by atoms with Gasteiger partial charge in [0.1, 0.15) is 11.9 Å². The molecule has 1 fully saturated rings. The van der Waals surface area contributed by atoms with Crippen LogP contribution in [-0.4, -0.2) is 32.2 Å². The Morgan fingerprint density at radius 2 is 2.12 bits per heavy atom. The van der Waals surface area contributed by atoms with Crippen LogP contribution in [0.1, 0.15) is 23.2 Å². The summed E-state index contributed by atoms with van der Waals surface area (Å²) in [4.78, 5) is 13.2. The Morgan fingerprint density at radius 3 is 2.76 bits per heavy atom. The van der Waals surface area contributed by atoms with Crippen molar-refractivity contribution in [2.45, 2.75) is 18.9 Å². The summed E-state index contributed by atoms with van der Waals surface area (Å²) in [6, 6.07) is 5.62. The lowest BCUT2D eigenvalue weighted by atomic mass is 10.1. The number of quaternary nitrogens is 1. The fourth-order valence-electron chi connectivity index (χ4n) is 2.04. The van der Waals surface area contributed by atoms with E-state index < -0.39 is 11.8 Å². The molecule has 17 heavy (non-hydrogen) atoms. The Kier molecular flexibility index (Phi) is 3.74. The van der Waals surface area contributed by atoms with Crippen LogP contribution in [0.2, 0.25) is 0 Å². The Morgan fingerprint density at radius 1 is 1.41 bits per heavy atom. The number of nitrogens with one attached hydrogen (secondary N) is 1. The van der Waals surface area contributed by atoms with Crippen molar-refractivity contribution < 1.29 is 18.8 Å². The number of likely N-dealkylation sites (tertiary alicyclic amines) is 1. The molecule has 0 unspecified atom stereocenters. The van der Waals surface area contributed by atoms with Crippen LogP contribution < -0.4 is 4.90 Å². The number of carbonyl (C=O) groups is 1. The van der Waals surface area contributed by atoms with Crippen LogP contribution >= 0.6 is 0 Å². The molecule has 0 amide bonds. The standard InChI is InChI=1S/C13H16FNO2/c1-15-7-5-12(6-8-15)17-13(16)10-3-2-4-11(14)9-10/h2-4,9,12H,5-8H2,1H3/p+1. The molecule has 1 aromatic rings. The van der Waals surface area contributed by atoms with Crippen LogP contribution in [0.25, 0.3) is 0 Å². The summed E-state index contributed by atoms with van der Waals surface area (Å²) in [5, 5.41) is 0. The highest BCUT2D eigenvalue weighted by Crippen LogP contribution is 2.11. The summed E-state index contributed by atoms with van der Waals surface area (Å²) in [6.07, 6.45) is 1.74. The monoisotopic (exact) mass is 238 g/mol. The summed E-state index contributed by atoms with van der Waals surface area (Å²) in [5.41, 5.74) is 0.288. The van der Waals surface area contributed by atoms with Gasteiger partial charge in [-0.3, -0.25) is 0 Å². The van der Waals surface area contributed by atoms with Gasteiger partial charge in [-0.15, -0.1) is 0 Å². The number of hydrogen-bond donors (Lipinski definition) is 1. The second kappa shape index (κ2) is 5.27. The quantitative estimate of drug-likeness (QED) is 0.767. The van der Waals surface area contributed by atoms with Crippen molar-refractivity contribution in [2.24, 2.45) is 0 Å². The summed E-state index contributed by atoms with van der Waals surface area (Å²) < 4.78 is 18.3. The minimum absolute atomic E-state index is 0.0190. The minimum Gasteiger partial charge on any atom is -0.458 e. The third kappa shape index (κ3) is 3.27. The zero-order valence-corrected chi connectivity index (χ0v) is 9.91. The van der Waals surface area contributed by atoms with Crippen LogP contribution in [-0.2, 0) is 4.74 Å². The highest BCUT2D eigenvalue weighted by atomic mass is 19.1. The molecule has 1 saturated heterocycles. The maximum atomic E-state index is 12.9. The number of piperidine rings is 1. The van der Waals surface area contributed by atoms with Crippen LogP contribution in [0.5, 0.6) is 0 Å². The largest absolute Gasteiger partial charge is 0.458 e. The van der Waals surface area contributed by atoms with Gasteiger partial charge in [0.05, 0.1) is 25.7 Å². The number of rotatable bonds is 2. The smallest absolute Gasteiger partial charge is 0.338 e. The summed E-state index contributed by atoms with van der Waals surface area (Å²) in [6.45, 7) is 2.03. The van der Waals surface area contributed by atoms with E-state index in [4.69, 9.17) is 4.74 Å². The SMILES string of the molecule is C[NH+]1CCC(OC(=O)c2cccc(F)c2)CC1. The van der Waals surface area contributed by atoms with Gasteiger partial charge in [0.2, 0.25) is 0 Å². The molecule has 1 aliphatic rings. The van der Waals surface area contributed by atoms with Crippen LogP contribution in [0.4, 0.5) is 4.39 Å². The van der Waals surface area contributed by atoms with E-state index in [0.29, 0.717) is 0 Å². The van der Waals surface area contributed by atoms with E-state index in [1.807, 2.05) is 0 Å². The molecule has 1 N–H and O–H groups in total. The highest BCUT2D eigenvalue weighted by Gasteiger charge is 2.23. The molecule has 92 valence electrons. The zero-order chi connectivity index (χ0) is 12.3. The van der Waals surface area contributed by atoms with Gasteiger partial charge in [0, 0.05) is 12.8 Å². The maximum absolute atomic E-state index is 12.9. The topological polar surface area (TPSA) is 30.7 Å². The van der Waals surface area contributed by atoms with Gasteiger partial charge in [-0.25, -0.2) is 9.18 Å². The summed E-state index contributed by atoms with van der Waals surface area (Å²) >= 11 is 0. The van der Waals surface area contributed by atoms with Gasteiger partial charge in [-0.2, -0.15) is 0 Å². The van der Waals surface area contributed by atoms with E-state index in [1.165, 1.54) is 23.1 Å². The molecule has 1 aromatic carbocycles. The molecule has 2 rings (SSSR count). The molecule has 0 radical (unpaired) electrons. The molecule has 0 bridgehead atoms. The van der Waals surface area contributed by atoms with E-state index >= 15 is 0 Å². The van der Waals surface area contributed by atoms with Crippen molar-refractivity contribution in [2.75, 3.05) is 20.1 Å². The number of ether oxygens (including phenoxy) is 1. The van der Waals surface area contributed by atoms with Crippen LogP contribution in [0, 0.1) is 5.82 Å². The lowest BCUT2D eigenvalue weighted by molar-refractivity contribution is -0.885. The van der Waals surface area contributed by atoms with Crippen LogP contribution in [0.3, 0.4) is 0 Å². The van der Waals surface area contributed by atoms with E-state index in [9.17, 15) is 9.18 Å². The van der Waals surface area contributed by atoms with Crippen molar-refractivity contribution in [3.63, 3.8) is 0 Å². The average molecular weight is 238 g/mol. The number of esters is 1. The Hall–Kier alpha value is -1.42. The van der Waals surface area contributed by atoms with E-state index in [2.05, 4.69) is 7.05 Å². The fourth-order valence-corrected chi connectivity index (χ4v) is 2.04. The van der Waals surface area contributed by atoms with Gasteiger partial charge in [-0.05, 0) is 18.2 Å². The Bertz CT molecular complexity index is 400. The molecule has 0 spiro atoms. The molecular formula is C13H17FNO2+. The first kappa shape index (κ1) is 12.0. The third-order valence-corrected chi connectivity index (χ3v) is 3.12. The molecule has 0 aromatic heterocycles. The van der Waals surface area contributed by atoms with Gasteiger partial charge >= 0.3 is 5.97 Å². The second-order valence-corrected chi connectivity index (χ2v) is 4.57. The lowest BCUT2D eigenvalue weighted by Gasteiger charge is -2.26. The molecule has 0 atom stereocenters. The second-order valence-electron chi connectivity index (χ2n) is 4.57. The fraction of sp³-hybridized carbons (Fsp3) is 0.462. The molecule has 1 heterocycles. The number of carbonyl (C=O) groups excluding carboxylic acids is 1. The Balaban J connectivity index is 1.93. The molecule has 4 heteroatoms. The molecule has 0 saturated carbocycles. The molecule has 1 aliphatic heterocycles. The summed E-state index contributed by atoms with van der Waals surface area (Å²) in [5.74, 6) is -0.832. The highest BCUT2D eigenvalue weighted by molar-refractivity contribution is 5.89. The first-order valence-corrected chi connectivity index (χ1v) is 5.93. The van der Waals surface area contributed by atoms with Crippen molar-refractivity contribution in [3.8, 4) is 0 Å². The van der Waals surface area contributed by atoms with Gasteiger partial charge in [0.15, 0.2) is 0 Å². The van der Waals surface area contributed by atoms with E-state index in [-0.39, 0.29) is 11.7 Å². The number of benzene rings is 1. The predicted molar refractivity (Wildman–Crippen MR) is 61.5 cm³/mol. The average Bonchev–Trinajstić information content (AvgIpc) is 2.32. The van der Waals surface area contributed by atoms with Gasteiger partial charge in [0.25, 0.3) is 0 Å². The van der Waals surface area contributed by atoms with Gasteiger partial charge < -0.3 is 9.64 Å².